The summed E-state index contributed by atoms with van der Waals surface area (Å²) in [7, 11) is 0. The highest BCUT2D eigenvalue weighted by Gasteiger charge is 2.65. The molecule has 142 heavy (non-hydrogen) atoms. The lowest BCUT2D eigenvalue weighted by Crippen LogP contribution is -2.71. The second-order valence-corrected chi connectivity index (χ2v) is 35.9. The second-order valence-electron chi connectivity index (χ2n) is 35.9. The van der Waals surface area contributed by atoms with Gasteiger partial charge in [-0.15, -0.1) is 0 Å². The Balaban J connectivity index is 0.935. The van der Waals surface area contributed by atoms with Gasteiger partial charge in [0.05, 0.1) is 84.3 Å². The van der Waals surface area contributed by atoms with Gasteiger partial charge in [-0.05, 0) is 6.92 Å². The zero-order valence-electron chi connectivity index (χ0n) is 76.4. The van der Waals surface area contributed by atoms with Crippen molar-refractivity contribution in [2.24, 2.45) is 0 Å². The van der Waals surface area contributed by atoms with Crippen molar-refractivity contribution in [3.8, 4) is 0 Å². The average molecular weight is 2080 g/mol. The van der Waals surface area contributed by atoms with E-state index in [0.717, 1.165) is 34.6 Å². The van der Waals surface area contributed by atoms with Crippen LogP contribution in [0, 0.1) is 0 Å². The summed E-state index contributed by atoms with van der Waals surface area (Å²) in [4.78, 5) is 78.0. The van der Waals surface area contributed by atoms with Gasteiger partial charge in [-0.3, -0.25) is 24.0 Å². The highest BCUT2D eigenvalue weighted by Crippen LogP contribution is 2.44. The lowest BCUT2D eigenvalue weighted by molar-refractivity contribution is -0.402. The van der Waals surface area contributed by atoms with Gasteiger partial charge in [-0.1, -0.05) is 0 Å². The predicted molar refractivity (Wildman–Crippen MR) is 436 cm³/mol. The largest absolute Gasteiger partial charge is 0.477 e. The minimum atomic E-state index is -3.35. The van der Waals surface area contributed by atoms with Crippen LogP contribution in [0.25, 0.3) is 0 Å². The summed E-state index contributed by atoms with van der Waals surface area (Å²) in [5, 5.41) is 362. The van der Waals surface area contributed by atoms with Gasteiger partial charge in [-0.25, -0.2) is 4.79 Å². The quantitative estimate of drug-likeness (QED) is 0.0273. The van der Waals surface area contributed by atoms with Crippen molar-refractivity contribution in [2.45, 2.75) is 391 Å². The molecule has 5 amide bonds. The minimum Gasteiger partial charge on any atom is -0.477 e. The Morgan fingerprint density at radius 3 is 1.09 bits per heavy atom. The number of hydrogen-bond acceptors (Lipinski definition) is 57. The molecule has 0 saturated carbocycles. The number of carbonyl (C=O) groups excluding carboxylic acids is 5. The molecule has 11 saturated heterocycles. The molecule has 63 heteroatoms. The molecule has 0 radical (unpaired) electrons. The summed E-state index contributed by atoms with van der Waals surface area (Å²) in [6, 6.07) is -9.77. The lowest BCUT2D eigenvalue weighted by Gasteiger charge is -2.52. The molecule has 0 aromatic rings. The van der Waals surface area contributed by atoms with Crippen LogP contribution in [-0.4, -0.2) is 603 Å². The van der Waals surface area contributed by atoms with Crippen LogP contribution in [0.3, 0.4) is 0 Å². The first kappa shape index (κ1) is 117. The van der Waals surface area contributed by atoms with Gasteiger partial charge in [0.2, 0.25) is 29.5 Å². The number of carboxylic acids is 1. The van der Waals surface area contributed by atoms with E-state index in [2.05, 4.69) is 26.6 Å². The highest BCUT2D eigenvalue weighted by atomic mass is 16.8. The van der Waals surface area contributed by atoms with E-state index in [1.807, 2.05) is 0 Å². The van der Waals surface area contributed by atoms with Crippen LogP contribution in [0.2, 0.25) is 0 Å². The number of aliphatic hydroxyl groups excluding tert-OH is 30. The Morgan fingerprint density at radius 1 is 0.303 bits per heavy atom. The van der Waals surface area contributed by atoms with Crippen molar-refractivity contribution in [1.82, 2.24) is 26.6 Å². The van der Waals surface area contributed by atoms with Crippen molar-refractivity contribution < 1.29 is 287 Å². The Hall–Kier alpha value is -5.22. The smallest absolute Gasteiger partial charge is 0.364 e. The van der Waals surface area contributed by atoms with Crippen molar-refractivity contribution >= 4 is 35.5 Å². The van der Waals surface area contributed by atoms with E-state index in [1.165, 1.54) is 6.92 Å². The van der Waals surface area contributed by atoms with Crippen LogP contribution >= 0.6 is 0 Å². The summed E-state index contributed by atoms with van der Waals surface area (Å²) < 4.78 is 126. The number of carbonyl (C=O) groups is 6. The molecule has 0 aromatic carbocycles. The van der Waals surface area contributed by atoms with Crippen molar-refractivity contribution in [2.75, 3.05) is 66.1 Å². The average Bonchev–Trinajstić information content (AvgIpc) is 0.738. The lowest BCUT2D eigenvalue weighted by atomic mass is 9.88. The molecule has 0 bridgehead atoms. The number of amides is 5. The van der Waals surface area contributed by atoms with E-state index in [0.29, 0.717) is 0 Å². The highest BCUT2D eigenvalue weighted by molar-refractivity contribution is 5.77. The second kappa shape index (κ2) is 50.6. The Morgan fingerprint density at radius 2 is 0.627 bits per heavy atom. The Labute approximate surface area is 803 Å². The molecule has 63 nitrogen and oxygen atoms in total. The Bertz CT molecular complexity index is 4010. The van der Waals surface area contributed by atoms with E-state index in [9.17, 15) is 187 Å². The first-order valence-electron chi connectivity index (χ1n) is 45.1. The van der Waals surface area contributed by atoms with E-state index in [1.54, 1.807) is 0 Å². The fraction of sp³-hybridized carbons (Fsp3) is 0.924. The third-order valence-corrected chi connectivity index (χ3v) is 25.9. The topological polar surface area (TPSA) is 984 Å². The van der Waals surface area contributed by atoms with Gasteiger partial charge in [0.15, 0.2) is 62.9 Å². The van der Waals surface area contributed by atoms with Crippen molar-refractivity contribution in [3.05, 3.63) is 0 Å². The number of rotatable bonds is 38. The van der Waals surface area contributed by atoms with Gasteiger partial charge in [0.25, 0.3) is 5.79 Å². The fourth-order valence-electron chi connectivity index (χ4n) is 18.5. The van der Waals surface area contributed by atoms with Crippen LogP contribution in [0.4, 0.5) is 0 Å². The minimum absolute atomic E-state index is 0.831. The zero-order chi connectivity index (χ0) is 105. The number of ether oxygens (including phenoxy) is 21. The van der Waals surface area contributed by atoms with Gasteiger partial charge in [-0.2, -0.15) is 0 Å². The summed E-state index contributed by atoms with van der Waals surface area (Å²) in [6.45, 7) is -6.54. The van der Waals surface area contributed by atoms with E-state index in [-0.39, 0.29) is 0 Å². The van der Waals surface area contributed by atoms with Crippen molar-refractivity contribution in [3.63, 3.8) is 0 Å². The maximum atomic E-state index is 13.6. The van der Waals surface area contributed by atoms with E-state index >= 15 is 0 Å². The predicted octanol–water partition coefficient (Wildman–Crippen LogP) is -24.0. The summed E-state index contributed by atoms with van der Waals surface area (Å²) in [5.74, 6) is -10.4. The van der Waals surface area contributed by atoms with Crippen LogP contribution in [0.1, 0.15) is 48.0 Å². The molecular formula is C79H131N5O58. The molecule has 0 unspecified atom stereocenters. The standard InChI is InChI=1S/C79H131N5O58/c1-18-40(101)50(111)54(115)72(123-18)137-63-39(84-23(6)98)71(131-33(16-93)61(63)136-73-55(116)51(112)42(103)26(9-86)125-73)139-66-52(113)43(104)27(10-87)127-76(66)122-17-34-46(107)64(56(117)74(132-34)134-59-31(14-91)129-69(37(48(59)109)82-21(4)96)133-58-30(13-90)124-68(119)36(47(58)108)81-20(3)95)138-77-67(53(114)44(105)28(11-88)128-77)140-70-38(83-22(5)97)49(110)60(32(15-92)130-70)135-75-57(118)65(45(106)29(12-89)126-75)142-79(78(120)121)7-24(99)35(80-19(2)94)62(141-79)41(102)25(100)8-85/h18,24-77,85-93,99-119H,7-17H2,1-6H3,(H,80,94)(H,81,95)(H,82,96)(H,83,97)(H,84,98)(H,120,121)/t18-,24+,25-,26-,27-,28-,29-,30-,31-,32-,33-,34-,35-,36-,37-,38-,39-,40+,41-,42+,43-,44-,45+,46-,47-,48-,49-,50+,51+,52+,53+,54-,55-,56+,57-,58-,59-,60-,61-,62-,63-,64+,65+,66+,67+,68-,69+,70+,71+,72-,73+,74+,75+,76+,77-,79+/m1/s1. The number of aliphatic carboxylic acids is 1. The van der Waals surface area contributed by atoms with Crippen LogP contribution in [0.15, 0.2) is 0 Å². The molecule has 0 aromatic heterocycles. The third-order valence-electron chi connectivity index (χ3n) is 25.9. The maximum absolute atomic E-state index is 13.6. The molecular weight excluding hydrogens is 1950 g/mol. The van der Waals surface area contributed by atoms with Crippen molar-refractivity contribution in [1.29, 1.82) is 0 Å². The first-order chi connectivity index (χ1) is 67.0. The molecule has 820 valence electrons. The van der Waals surface area contributed by atoms with Crippen LogP contribution in [0.5, 0.6) is 0 Å². The molecule has 11 aliphatic rings. The van der Waals surface area contributed by atoms with Gasteiger partial charge < -0.3 is 284 Å². The first-order valence-corrected chi connectivity index (χ1v) is 45.1. The van der Waals surface area contributed by atoms with Gasteiger partial charge in [0.1, 0.15) is 256 Å². The summed E-state index contributed by atoms with van der Waals surface area (Å²) in [5.41, 5.74) is 0. The Kier molecular flexibility index (Phi) is 41.7. The summed E-state index contributed by atoms with van der Waals surface area (Å²) in [6.07, 6.45) is -112. The monoisotopic (exact) mass is 2080 g/mol. The molecule has 11 aliphatic heterocycles. The number of aliphatic hydroxyl groups is 30. The fourth-order valence-corrected chi connectivity index (χ4v) is 18.5. The third kappa shape index (κ3) is 25.6. The molecule has 0 spiro atoms. The molecule has 11 rings (SSSR count). The van der Waals surface area contributed by atoms with E-state index in [4.69, 9.17) is 99.5 Å². The van der Waals surface area contributed by atoms with E-state index < -0.39 is 451 Å². The van der Waals surface area contributed by atoms with Gasteiger partial charge >= 0.3 is 5.97 Å². The number of carboxylic acid groups (broad SMARTS) is 1. The molecule has 11 heterocycles. The maximum Gasteiger partial charge on any atom is 0.364 e. The SMILES string of the molecule is CC(=O)N[C@@H]1[C@@H](O)[C@H](O[C@@H]2O[C@H](CO)[C@@H](O[C@@H]3O[C@H](CO[C@H]4O[C@H](CO)[C@@H](O)[C@H](O)[C@@H]4O[C@@H]4O[C@H](CO)[C@@H](O[C@@H]5O[C@H](CO)[C@H](O)[C@H](O)[C@H]5O)[C@H](O[C@H]5O[C@H](C)[C@H](O)[C@H](O)[C@H]5O)[C@H]4NC(C)=O)[C@@H](O)[C@H](O[C@H]4O[C@H](CO)[C@@H](O)[C@H](O)[C@@H]4O[C@@H]4O[C@H](CO)[C@@H](O[C@@H]5O[C@H](CO)[C@H](O)[C@H](O[C@]6(C(=O)O)C[C@H](O)[C@@H](NC(C)=O)[C@H]([C@H](O)[C@H](O)CO)O6)[C@H]5O)[C@H](O)[C@H]4NC(C)=O)[C@@H]3O)[C@H](O)[C@H]2NC(C)=O)[C@@H](CO)O[C@H]1O. The molecule has 36 N–H and O–H groups in total. The van der Waals surface area contributed by atoms with Gasteiger partial charge in [0, 0.05) is 41.0 Å². The zero-order valence-corrected chi connectivity index (χ0v) is 76.4. The number of nitrogens with one attached hydrogen (secondary N) is 5. The van der Waals surface area contributed by atoms with Crippen LogP contribution in [-0.2, 0) is 128 Å². The normalized spacial score (nSPS) is 48.0. The summed E-state index contributed by atoms with van der Waals surface area (Å²) >= 11 is 0. The molecule has 11 fully saturated rings. The molecule has 0 aliphatic carbocycles. The van der Waals surface area contributed by atoms with Crippen LogP contribution < -0.4 is 26.6 Å². The molecule has 56 atom stereocenters. The number of hydrogen-bond donors (Lipinski definition) is 36.